The molecule has 1 aromatic carbocycles. The van der Waals surface area contributed by atoms with Crippen LogP contribution in [0.25, 0.3) is 0 Å². The summed E-state index contributed by atoms with van der Waals surface area (Å²) in [5.74, 6) is -1.30. The number of benzene rings is 1. The predicted octanol–water partition coefficient (Wildman–Crippen LogP) is 2.00. The van der Waals surface area contributed by atoms with Gasteiger partial charge in [-0.3, -0.25) is 14.5 Å². The first-order valence-electron chi connectivity index (χ1n) is 8.23. The molecule has 0 aliphatic heterocycles. The van der Waals surface area contributed by atoms with E-state index in [9.17, 15) is 9.59 Å². The number of carbonyl (C=O) groups excluding carboxylic acids is 2. The SMILES string of the molecule is Cc1cc(C)cc(NC(=O)C(=O)NCC(c2cccn2C)N(C)C)c1. The first kappa shape index (κ1) is 18.7. The van der Waals surface area contributed by atoms with Crippen molar-refractivity contribution in [3.63, 3.8) is 0 Å². The average molecular weight is 342 g/mol. The van der Waals surface area contributed by atoms with Crippen LogP contribution in [0, 0.1) is 13.8 Å². The molecular formula is C19H26N4O2. The van der Waals surface area contributed by atoms with Gasteiger partial charge in [0.15, 0.2) is 0 Å². The van der Waals surface area contributed by atoms with E-state index in [1.165, 1.54) is 0 Å². The van der Waals surface area contributed by atoms with Crippen LogP contribution in [0.1, 0.15) is 22.9 Å². The summed E-state index contributed by atoms with van der Waals surface area (Å²) in [7, 11) is 5.85. The molecule has 1 atom stereocenters. The van der Waals surface area contributed by atoms with Gasteiger partial charge in [-0.2, -0.15) is 0 Å². The van der Waals surface area contributed by atoms with Gasteiger partial charge < -0.3 is 15.2 Å². The Kier molecular flexibility index (Phi) is 5.98. The highest BCUT2D eigenvalue weighted by Gasteiger charge is 2.20. The number of amides is 2. The first-order valence-corrected chi connectivity index (χ1v) is 8.23. The van der Waals surface area contributed by atoms with Gasteiger partial charge in [0.2, 0.25) is 0 Å². The molecule has 0 aliphatic rings. The number of rotatable bonds is 5. The van der Waals surface area contributed by atoms with Crippen molar-refractivity contribution in [2.45, 2.75) is 19.9 Å². The minimum atomic E-state index is -0.658. The summed E-state index contributed by atoms with van der Waals surface area (Å²) in [5.41, 5.74) is 3.77. The van der Waals surface area contributed by atoms with E-state index in [2.05, 4.69) is 10.6 Å². The second-order valence-corrected chi connectivity index (χ2v) is 6.56. The van der Waals surface area contributed by atoms with Crippen molar-refractivity contribution in [1.82, 2.24) is 14.8 Å². The summed E-state index contributed by atoms with van der Waals surface area (Å²) in [6, 6.07) is 9.64. The van der Waals surface area contributed by atoms with Crippen molar-refractivity contribution >= 4 is 17.5 Å². The maximum absolute atomic E-state index is 12.2. The van der Waals surface area contributed by atoms with Gasteiger partial charge in [0, 0.05) is 31.2 Å². The maximum atomic E-state index is 12.2. The number of hydrogen-bond donors (Lipinski definition) is 2. The minimum Gasteiger partial charge on any atom is -0.353 e. The standard InChI is InChI=1S/C19H26N4O2/c1-13-9-14(2)11-15(10-13)21-19(25)18(24)20-12-17(22(3)4)16-7-6-8-23(16)5/h6-11,17H,12H2,1-5H3,(H,20,24)(H,21,25). The quantitative estimate of drug-likeness (QED) is 0.817. The van der Waals surface area contributed by atoms with E-state index in [4.69, 9.17) is 0 Å². The van der Waals surface area contributed by atoms with Crippen molar-refractivity contribution in [2.75, 3.05) is 26.0 Å². The summed E-state index contributed by atoms with van der Waals surface area (Å²) in [5, 5.41) is 5.38. The Labute approximate surface area is 148 Å². The molecule has 2 aromatic rings. The molecule has 2 amide bonds. The number of hydrogen-bond acceptors (Lipinski definition) is 3. The molecule has 2 rings (SSSR count). The summed E-state index contributed by atoms with van der Waals surface area (Å²) in [4.78, 5) is 26.3. The molecular weight excluding hydrogens is 316 g/mol. The van der Waals surface area contributed by atoms with Gasteiger partial charge >= 0.3 is 11.8 Å². The maximum Gasteiger partial charge on any atom is 0.313 e. The largest absolute Gasteiger partial charge is 0.353 e. The summed E-state index contributed by atoms with van der Waals surface area (Å²) in [6.07, 6.45) is 1.96. The molecule has 0 radical (unpaired) electrons. The number of nitrogens with one attached hydrogen (secondary N) is 2. The zero-order valence-electron chi connectivity index (χ0n) is 15.5. The Morgan fingerprint density at radius 1 is 1.12 bits per heavy atom. The lowest BCUT2D eigenvalue weighted by Gasteiger charge is -2.25. The molecule has 0 spiro atoms. The summed E-state index contributed by atoms with van der Waals surface area (Å²) in [6.45, 7) is 4.25. The van der Waals surface area contributed by atoms with Crippen molar-refractivity contribution in [2.24, 2.45) is 7.05 Å². The summed E-state index contributed by atoms with van der Waals surface area (Å²) >= 11 is 0. The molecule has 1 aromatic heterocycles. The smallest absolute Gasteiger partial charge is 0.313 e. The molecule has 1 unspecified atom stereocenters. The lowest BCUT2D eigenvalue weighted by molar-refractivity contribution is -0.136. The van der Waals surface area contributed by atoms with Gasteiger partial charge in [-0.1, -0.05) is 6.07 Å². The zero-order valence-corrected chi connectivity index (χ0v) is 15.5. The fraction of sp³-hybridized carbons (Fsp3) is 0.368. The Bertz CT molecular complexity index is 744. The van der Waals surface area contributed by atoms with Gasteiger partial charge in [-0.05, 0) is 63.3 Å². The van der Waals surface area contributed by atoms with E-state index in [-0.39, 0.29) is 6.04 Å². The molecule has 0 bridgehead atoms. The molecule has 6 nitrogen and oxygen atoms in total. The second kappa shape index (κ2) is 7.98. The third-order valence-electron chi connectivity index (χ3n) is 4.09. The highest BCUT2D eigenvalue weighted by Crippen LogP contribution is 2.17. The zero-order chi connectivity index (χ0) is 18.6. The molecule has 25 heavy (non-hydrogen) atoms. The third kappa shape index (κ3) is 4.93. The Morgan fingerprint density at radius 2 is 1.76 bits per heavy atom. The van der Waals surface area contributed by atoms with Gasteiger partial charge in [-0.25, -0.2) is 0 Å². The average Bonchev–Trinajstić information content (AvgIpc) is 2.92. The van der Waals surface area contributed by atoms with E-state index in [0.717, 1.165) is 16.8 Å². The van der Waals surface area contributed by atoms with Crippen LogP contribution >= 0.6 is 0 Å². The van der Waals surface area contributed by atoms with E-state index in [1.807, 2.05) is 81.0 Å². The van der Waals surface area contributed by atoms with Gasteiger partial charge in [0.1, 0.15) is 0 Å². The van der Waals surface area contributed by atoms with Gasteiger partial charge in [0.25, 0.3) is 0 Å². The third-order valence-corrected chi connectivity index (χ3v) is 4.09. The molecule has 0 saturated carbocycles. The highest BCUT2D eigenvalue weighted by molar-refractivity contribution is 6.39. The van der Waals surface area contributed by atoms with Gasteiger partial charge in [-0.15, -0.1) is 0 Å². The minimum absolute atomic E-state index is 0.0158. The van der Waals surface area contributed by atoms with Crippen molar-refractivity contribution in [1.29, 1.82) is 0 Å². The van der Waals surface area contributed by atoms with Crippen molar-refractivity contribution in [3.8, 4) is 0 Å². The van der Waals surface area contributed by atoms with Crippen LogP contribution < -0.4 is 10.6 Å². The molecule has 0 fully saturated rings. The number of aromatic nitrogens is 1. The van der Waals surface area contributed by atoms with E-state index in [0.29, 0.717) is 12.2 Å². The second-order valence-electron chi connectivity index (χ2n) is 6.56. The number of likely N-dealkylation sites (N-methyl/N-ethyl adjacent to an activating group) is 1. The van der Waals surface area contributed by atoms with Crippen LogP contribution in [0.4, 0.5) is 5.69 Å². The van der Waals surface area contributed by atoms with Crippen LogP contribution in [0.2, 0.25) is 0 Å². The first-order chi connectivity index (χ1) is 11.8. The Hall–Kier alpha value is -2.60. The topological polar surface area (TPSA) is 66.4 Å². The molecule has 0 saturated heterocycles. The van der Waals surface area contributed by atoms with Crippen LogP contribution in [-0.2, 0) is 16.6 Å². The molecule has 1 heterocycles. The van der Waals surface area contributed by atoms with Crippen molar-refractivity contribution in [3.05, 3.63) is 53.3 Å². The van der Waals surface area contributed by atoms with E-state index >= 15 is 0 Å². The molecule has 6 heteroatoms. The van der Waals surface area contributed by atoms with Crippen molar-refractivity contribution < 1.29 is 9.59 Å². The highest BCUT2D eigenvalue weighted by atomic mass is 16.2. The molecule has 134 valence electrons. The van der Waals surface area contributed by atoms with Gasteiger partial charge in [0.05, 0.1) is 6.04 Å². The molecule has 2 N–H and O–H groups in total. The normalized spacial score (nSPS) is 12.1. The van der Waals surface area contributed by atoms with E-state index < -0.39 is 11.8 Å². The molecule has 0 aliphatic carbocycles. The summed E-state index contributed by atoms with van der Waals surface area (Å²) < 4.78 is 2.01. The Balaban J connectivity index is 1.98. The lowest BCUT2D eigenvalue weighted by Crippen LogP contribution is -2.40. The Morgan fingerprint density at radius 3 is 2.28 bits per heavy atom. The number of anilines is 1. The number of carbonyl (C=O) groups is 2. The number of aryl methyl sites for hydroxylation is 3. The van der Waals surface area contributed by atoms with Crippen LogP contribution in [-0.4, -0.2) is 41.9 Å². The van der Waals surface area contributed by atoms with Crippen LogP contribution in [0.3, 0.4) is 0 Å². The van der Waals surface area contributed by atoms with Crippen LogP contribution in [0.15, 0.2) is 36.5 Å². The predicted molar refractivity (Wildman–Crippen MR) is 99.4 cm³/mol. The fourth-order valence-corrected chi connectivity index (χ4v) is 2.88. The van der Waals surface area contributed by atoms with Crippen LogP contribution in [0.5, 0.6) is 0 Å². The number of nitrogens with zero attached hydrogens (tertiary/aromatic N) is 2. The lowest BCUT2D eigenvalue weighted by atomic mass is 10.1. The monoisotopic (exact) mass is 342 g/mol. The fourth-order valence-electron chi connectivity index (χ4n) is 2.88. The van der Waals surface area contributed by atoms with E-state index in [1.54, 1.807) is 0 Å².